The van der Waals surface area contributed by atoms with Crippen molar-refractivity contribution in [1.82, 2.24) is 10.6 Å². The number of aliphatic hydroxyl groups is 1. The maximum atomic E-state index is 14.4. The molecule has 0 saturated heterocycles. The first kappa shape index (κ1) is 39.1. The van der Waals surface area contributed by atoms with Crippen molar-refractivity contribution in [3.8, 4) is 5.75 Å². The van der Waals surface area contributed by atoms with Crippen LogP contribution in [0.15, 0.2) is 97.1 Å². The Labute approximate surface area is 297 Å². The van der Waals surface area contributed by atoms with E-state index in [0.29, 0.717) is 23.8 Å². The van der Waals surface area contributed by atoms with Crippen LogP contribution in [0.4, 0.5) is 8.78 Å². The van der Waals surface area contributed by atoms with Crippen molar-refractivity contribution < 1.29 is 42.8 Å². The Bertz CT molecular complexity index is 1770. The van der Waals surface area contributed by atoms with E-state index in [1.165, 1.54) is 24.3 Å². The van der Waals surface area contributed by atoms with Crippen molar-refractivity contribution >= 4 is 11.9 Å². The van der Waals surface area contributed by atoms with Crippen molar-refractivity contribution in [3.63, 3.8) is 0 Å². The number of ether oxygens (including phenoxy) is 3. The molecule has 0 heterocycles. The molecule has 0 amide bonds. The summed E-state index contributed by atoms with van der Waals surface area (Å²) < 4.78 is 46.0. The van der Waals surface area contributed by atoms with Crippen molar-refractivity contribution in [2.24, 2.45) is 0 Å². The van der Waals surface area contributed by atoms with Gasteiger partial charge in [0.25, 0.3) is 0 Å². The fourth-order valence-electron chi connectivity index (χ4n) is 5.81. The first-order valence-electron chi connectivity index (χ1n) is 16.5. The molecular formula is C40H46F2N2O7. The van der Waals surface area contributed by atoms with Crippen LogP contribution < -0.4 is 15.4 Å². The Morgan fingerprint density at radius 3 is 1.76 bits per heavy atom. The molecule has 4 aromatic carbocycles. The van der Waals surface area contributed by atoms with Crippen molar-refractivity contribution in [2.45, 2.75) is 76.7 Å². The molecule has 51 heavy (non-hydrogen) atoms. The van der Waals surface area contributed by atoms with Gasteiger partial charge in [-0.05, 0) is 101 Å². The van der Waals surface area contributed by atoms with Crippen LogP contribution in [0.3, 0.4) is 0 Å². The van der Waals surface area contributed by atoms with Crippen LogP contribution in [0.1, 0.15) is 69.4 Å². The molecule has 3 unspecified atom stereocenters. The summed E-state index contributed by atoms with van der Waals surface area (Å²) in [7, 11) is 1.72. The number of carboxylic acid groups (broad SMARTS) is 1. The van der Waals surface area contributed by atoms with Crippen LogP contribution in [-0.2, 0) is 36.6 Å². The van der Waals surface area contributed by atoms with Crippen molar-refractivity contribution in [3.05, 3.63) is 137 Å². The molecule has 0 fully saturated rings. The summed E-state index contributed by atoms with van der Waals surface area (Å²) in [6, 6.07) is 25.3. The van der Waals surface area contributed by atoms with Gasteiger partial charge in [0.05, 0.1) is 12.2 Å². The van der Waals surface area contributed by atoms with Gasteiger partial charge >= 0.3 is 11.9 Å². The highest BCUT2D eigenvalue weighted by molar-refractivity contribution is 5.87. The number of halogens is 2. The van der Waals surface area contributed by atoms with Crippen LogP contribution in [0.2, 0.25) is 0 Å². The average molecular weight is 705 g/mol. The van der Waals surface area contributed by atoms with E-state index in [9.17, 15) is 28.6 Å². The summed E-state index contributed by atoms with van der Waals surface area (Å²) in [5.41, 5.74) is -2.95. The van der Waals surface area contributed by atoms with E-state index >= 15 is 0 Å². The van der Waals surface area contributed by atoms with E-state index < -0.39 is 52.3 Å². The summed E-state index contributed by atoms with van der Waals surface area (Å²) in [5, 5.41) is 26.9. The second-order valence-electron chi connectivity index (χ2n) is 14.1. The molecule has 0 aliphatic heterocycles. The number of esters is 1. The van der Waals surface area contributed by atoms with Crippen LogP contribution in [0.25, 0.3) is 0 Å². The second-order valence-corrected chi connectivity index (χ2v) is 14.1. The van der Waals surface area contributed by atoms with E-state index in [1.54, 1.807) is 27.8 Å². The average Bonchev–Trinajstić information content (AvgIpc) is 3.03. The van der Waals surface area contributed by atoms with Crippen LogP contribution in [-0.4, -0.2) is 53.4 Å². The highest BCUT2D eigenvalue weighted by Gasteiger charge is 2.46. The largest absolute Gasteiger partial charge is 0.493 e. The lowest BCUT2D eigenvalue weighted by Crippen LogP contribution is -2.56. The molecule has 0 bridgehead atoms. The van der Waals surface area contributed by atoms with Gasteiger partial charge in [-0.15, -0.1) is 0 Å². The Hall–Kier alpha value is -4.68. The quantitative estimate of drug-likeness (QED) is 0.0872. The molecule has 4 aromatic rings. The standard InChI is InChI=1S/C40H46F2N2O7/c1-37(2,3)50-35(47)40(43-7,27-11-9-8-10-12-27)29-15-13-26(14-16-29)21-22-49-33-19-17-28(18-20-33)39(34(45)46,44-36(48)51-38(4,5)6)30-23-31(41)25-32(42)24-30/h8-20,23-25,36,43-44,48H,21-22H2,1-7H3,(H,45,46). The lowest BCUT2D eigenvalue weighted by atomic mass is 9.82. The highest BCUT2D eigenvalue weighted by atomic mass is 19.1. The number of nitrogens with one attached hydrogen (secondary N) is 2. The number of hydrogen-bond acceptors (Lipinski definition) is 8. The predicted molar refractivity (Wildman–Crippen MR) is 189 cm³/mol. The van der Waals surface area contributed by atoms with Crippen molar-refractivity contribution in [1.29, 1.82) is 0 Å². The topological polar surface area (TPSA) is 126 Å². The Balaban J connectivity index is 1.55. The number of aliphatic hydroxyl groups excluding tert-OH is 1. The number of benzene rings is 4. The highest BCUT2D eigenvalue weighted by Crippen LogP contribution is 2.35. The number of rotatable bonds is 14. The number of carbonyl (C=O) groups is 2. The third kappa shape index (κ3) is 9.36. The van der Waals surface area contributed by atoms with E-state index in [1.807, 2.05) is 75.4 Å². The molecule has 9 nitrogen and oxygen atoms in total. The molecule has 3 atom stereocenters. The molecule has 0 radical (unpaired) electrons. The third-order valence-electron chi connectivity index (χ3n) is 8.04. The first-order valence-corrected chi connectivity index (χ1v) is 16.5. The second kappa shape index (κ2) is 15.7. The summed E-state index contributed by atoms with van der Waals surface area (Å²) in [6.45, 7) is 10.7. The smallest absolute Gasteiger partial charge is 0.336 e. The maximum absolute atomic E-state index is 14.4. The minimum atomic E-state index is -2.30. The number of carboxylic acids is 1. The maximum Gasteiger partial charge on any atom is 0.336 e. The summed E-state index contributed by atoms with van der Waals surface area (Å²) >= 11 is 0. The van der Waals surface area contributed by atoms with Gasteiger partial charge in [0.1, 0.15) is 23.0 Å². The zero-order chi connectivity index (χ0) is 37.6. The minimum absolute atomic E-state index is 0.0657. The number of carbonyl (C=O) groups excluding carboxylic acids is 1. The molecule has 11 heteroatoms. The van der Waals surface area contributed by atoms with E-state index in [2.05, 4.69) is 10.6 Å². The Kier molecular flexibility index (Phi) is 12.0. The first-order chi connectivity index (χ1) is 23.9. The normalized spacial score (nSPS) is 14.9. The lowest BCUT2D eigenvalue weighted by Gasteiger charge is -2.36. The van der Waals surface area contributed by atoms with Gasteiger partial charge in [-0.3, -0.25) is 5.32 Å². The summed E-state index contributed by atoms with van der Waals surface area (Å²) in [4.78, 5) is 26.6. The Morgan fingerprint density at radius 2 is 1.25 bits per heavy atom. The fourth-order valence-corrected chi connectivity index (χ4v) is 5.81. The van der Waals surface area contributed by atoms with Gasteiger partial charge in [-0.1, -0.05) is 66.7 Å². The van der Waals surface area contributed by atoms with Crippen LogP contribution >= 0.6 is 0 Å². The monoisotopic (exact) mass is 704 g/mol. The molecular weight excluding hydrogens is 658 g/mol. The molecule has 0 aromatic heterocycles. The Morgan fingerprint density at radius 1 is 0.725 bits per heavy atom. The molecule has 272 valence electrons. The van der Waals surface area contributed by atoms with Gasteiger partial charge in [0, 0.05) is 12.5 Å². The van der Waals surface area contributed by atoms with E-state index in [4.69, 9.17) is 14.2 Å². The third-order valence-corrected chi connectivity index (χ3v) is 8.04. The van der Waals surface area contributed by atoms with Gasteiger partial charge < -0.3 is 24.4 Å². The molecule has 4 N–H and O–H groups in total. The predicted octanol–water partition coefficient (Wildman–Crippen LogP) is 6.40. The summed E-state index contributed by atoms with van der Waals surface area (Å²) in [6.07, 6.45) is -1.31. The SMILES string of the molecule is CNC(C(=O)OC(C)(C)C)(c1ccccc1)c1ccc(CCOc2ccc(C(NC(O)OC(C)(C)C)(C(=O)O)c3cc(F)cc(F)c3)cc2)cc1. The number of aliphatic carboxylic acids is 1. The molecule has 0 saturated carbocycles. The molecule has 0 spiro atoms. The van der Waals surface area contributed by atoms with E-state index in [0.717, 1.165) is 23.3 Å². The lowest BCUT2D eigenvalue weighted by molar-refractivity contribution is -0.195. The molecule has 0 aliphatic carbocycles. The zero-order valence-corrected chi connectivity index (χ0v) is 29.9. The number of likely N-dealkylation sites (N-methyl/N-ethyl adjacent to an activating group) is 1. The fraction of sp³-hybridized carbons (Fsp3) is 0.350. The van der Waals surface area contributed by atoms with Gasteiger partial charge in [-0.25, -0.2) is 23.7 Å². The van der Waals surface area contributed by atoms with Gasteiger partial charge in [0.15, 0.2) is 11.1 Å². The number of hydrogen-bond donors (Lipinski definition) is 4. The van der Waals surface area contributed by atoms with Crippen LogP contribution in [0.5, 0.6) is 5.75 Å². The van der Waals surface area contributed by atoms with E-state index in [-0.39, 0.29) is 17.7 Å². The summed E-state index contributed by atoms with van der Waals surface area (Å²) in [5.74, 6) is -3.52. The molecule has 4 rings (SSSR count). The van der Waals surface area contributed by atoms with Gasteiger partial charge in [0.2, 0.25) is 6.41 Å². The van der Waals surface area contributed by atoms with Gasteiger partial charge in [-0.2, -0.15) is 0 Å². The van der Waals surface area contributed by atoms with Crippen LogP contribution in [0, 0.1) is 11.6 Å². The zero-order valence-electron chi connectivity index (χ0n) is 29.9. The van der Waals surface area contributed by atoms with Crippen molar-refractivity contribution in [2.75, 3.05) is 13.7 Å². The molecule has 0 aliphatic rings. The minimum Gasteiger partial charge on any atom is -0.493 e.